The van der Waals surface area contributed by atoms with Crippen LogP contribution in [0.4, 0.5) is 5.69 Å². The minimum absolute atomic E-state index is 0.414. The molecular formula is C13H13ClN2O. The second-order valence-electron chi connectivity index (χ2n) is 3.61. The molecule has 0 atom stereocenters. The zero-order valence-electron chi connectivity index (χ0n) is 9.48. The summed E-state index contributed by atoms with van der Waals surface area (Å²) in [5.41, 5.74) is 7.31. The van der Waals surface area contributed by atoms with Gasteiger partial charge in [-0.05, 0) is 42.3 Å². The number of nitrogens with two attached hydrogens (primary N) is 1. The molecule has 0 spiro atoms. The van der Waals surface area contributed by atoms with Crippen molar-refractivity contribution in [3.8, 4) is 11.6 Å². The van der Waals surface area contributed by atoms with Gasteiger partial charge in [-0.1, -0.05) is 18.5 Å². The predicted octanol–water partition coefficient (Wildman–Crippen LogP) is 3.67. The van der Waals surface area contributed by atoms with Crippen LogP contribution in [0.25, 0.3) is 0 Å². The van der Waals surface area contributed by atoms with E-state index >= 15 is 0 Å². The number of benzene rings is 1. The molecular weight excluding hydrogens is 236 g/mol. The van der Waals surface area contributed by atoms with E-state index in [1.54, 1.807) is 24.4 Å². The minimum Gasteiger partial charge on any atom is -0.437 e. The Hall–Kier alpha value is -1.74. The lowest BCUT2D eigenvalue weighted by molar-refractivity contribution is 0.465. The number of nitrogen functional groups attached to an aromatic ring is 1. The Kier molecular flexibility index (Phi) is 3.49. The summed E-state index contributed by atoms with van der Waals surface area (Å²) in [4.78, 5) is 4.07. The highest BCUT2D eigenvalue weighted by Gasteiger charge is 2.05. The SMILES string of the molecule is CCc1cc(Oc2ncccc2N)ccc1Cl. The maximum absolute atomic E-state index is 6.03. The van der Waals surface area contributed by atoms with E-state index in [4.69, 9.17) is 22.1 Å². The zero-order valence-corrected chi connectivity index (χ0v) is 10.2. The first-order valence-electron chi connectivity index (χ1n) is 5.37. The Bertz CT molecular complexity index is 529. The number of halogens is 1. The van der Waals surface area contributed by atoms with Crippen LogP contribution in [0.5, 0.6) is 11.6 Å². The summed E-state index contributed by atoms with van der Waals surface area (Å²) < 4.78 is 5.61. The van der Waals surface area contributed by atoms with Gasteiger partial charge in [0.15, 0.2) is 0 Å². The van der Waals surface area contributed by atoms with Crippen LogP contribution in [-0.4, -0.2) is 4.98 Å². The number of pyridine rings is 1. The topological polar surface area (TPSA) is 48.1 Å². The minimum atomic E-state index is 0.414. The average Bonchev–Trinajstić information content (AvgIpc) is 2.34. The maximum Gasteiger partial charge on any atom is 0.242 e. The van der Waals surface area contributed by atoms with Crippen molar-refractivity contribution >= 4 is 17.3 Å². The summed E-state index contributed by atoms with van der Waals surface area (Å²) in [5.74, 6) is 1.11. The van der Waals surface area contributed by atoms with Gasteiger partial charge in [-0.3, -0.25) is 0 Å². The first kappa shape index (κ1) is 11.7. The quantitative estimate of drug-likeness (QED) is 0.902. The number of anilines is 1. The number of rotatable bonds is 3. The Labute approximate surface area is 105 Å². The van der Waals surface area contributed by atoms with Gasteiger partial charge in [0.1, 0.15) is 5.75 Å². The van der Waals surface area contributed by atoms with Gasteiger partial charge in [-0.2, -0.15) is 0 Å². The van der Waals surface area contributed by atoms with Crippen molar-refractivity contribution < 1.29 is 4.74 Å². The summed E-state index contributed by atoms with van der Waals surface area (Å²) in [6, 6.07) is 9.03. The van der Waals surface area contributed by atoms with Crippen LogP contribution in [0, 0.1) is 0 Å². The van der Waals surface area contributed by atoms with E-state index in [-0.39, 0.29) is 0 Å². The monoisotopic (exact) mass is 248 g/mol. The summed E-state index contributed by atoms with van der Waals surface area (Å²) in [7, 11) is 0. The van der Waals surface area contributed by atoms with Crippen molar-refractivity contribution in [1.29, 1.82) is 0 Å². The largest absolute Gasteiger partial charge is 0.437 e. The van der Waals surface area contributed by atoms with E-state index in [9.17, 15) is 0 Å². The standard InChI is InChI=1S/C13H13ClN2O/c1-2-9-8-10(5-6-11(9)14)17-13-12(15)4-3-7-16-13/h3-8H,2,15H2,1H3. The third-order valence-corrected chi connectivity index (χ3v) is 2.78. The van der Waals surface area contributed by atoms with E-state index in [1.807, 2.05) is 19.1 Å². The van der Waals surface area contributed by atoms with E-state index in [1.165, 1.54) is 0 Å². The van der Waals surface area contributed by atoms with E-state index in [0.29, 0.717) is 17.3 Å². The van der Waals surface area contributed by atoms with Crippen molar-refractivity contribution in [1.82, 2.24) is 4.98 Å². The summed E-state index contributed by atoms with van der Waals surface area (Å²) >= 11 is 6.03. The molecule has 4 heteroatoms. The molecule has 2 rings (SSSR count). The Morgan fingerprint density at radius 3 is 2.88 bits per heavy atom. The van der Waals surface area contributed by atoms with Gasteiger partial charge in [0.05, 0.1) is 5.69 Å². The molecule has 0 aliphatic rings. The molecule has 2 aromatic rings. The highest BCUT2D eigenvalue weighted by atomic mass is 35.5. The van der Waals surface area contributed by atoms with Crippen LogP contribution < -0.4 is 10.5 Å². The van der Waals surface area contributed by atoms with Gasteiger partial charge in [-0.25, -0.2) is 4.98 Å². The third-order valence-electron chi connectivity index (χ3n) is 2.41. The molecule has 1 aromatic carbocycles. The number of nitrogens with zero attached hydrogens (tertiary/aromatic N) is 1. The van der Waals surface area contributed by atoms with Crippen LogP contribution >= 0.6 is 11.6 Å². The summed E-state index contributed by atoms with van der Waals surface area (Å²) in [5, 5.41) is 0.744. The van der Waals surface area contributed by atoms with Crippen LogP contribution in [0.15, 0.2) is 36.5 Å². The Morgan fingerprint density at radius 2 is 2.18 bits per heavy atom. The van der Waals surface area contributed by atoms with Crippen molar-refractivity contribution in [2.75, 3.05) is 5.73 Å². The van der Waals surface area contributed by atoms with Gasteiger partial charge in [-0.15, -0.1) is 0 Å². The lowest BCUT2D eigenvalue weighted by Gasteiger charge is -2.08. The number of aryl methyl sites for hydroxylation is 1. The highest BCUT2D eigenvalue weighted by Crippen LogP contribution is 2.28. The van der Waals surface area contributed by atoms with Crippen LogP contribution in [0.2, 0.25) is 5.02 Å². The normalized spacial score (nSPS) is 10.2. The van der Waals surface area contributed by atoms with Crippen LogP contribution in [-0.2, 0) is 6.42 Å². The van der Waals surface area contributed by atoms with Gasteiger partial charge < -0.3 is 10.5 Å². The number of ether oxygens (including phenoxy) is 1. The molecule has 2 N–H and O–H groups in total. The Morgan fingerprint density at radius 1 is 1.35 bits per heavy atom. The molecule has 1 aromatic heterocycles. The van der Waals surface area contributed by atoms with Crippen LogP contribution in [0.1, 0.15) is 12.5 Å². The predicted molar refractivity (Wildman–Crippen MR) is 69.6 cm³/mol. The molecule has 3 nitrogen and oxygen atoms in total. The molecule has 0 aliphatic heterocycles. The van der Waals surface area contributed by atoms with Crippen molar-refractivity contribution in [3.63, 3.8) is 0 Å². The molecule has 0 amide bonds. The first-order valence-corrected chi connectivity index (χ1v) is 5.75. The number of aromatic nitrogens is 1. The average molecular weight is 249 g/mol. The maximum atomic E-state index is 6.03. The van der Waals surface area contributed by atoms with Gasteiger partial charge in [0.25, 0.3) is 0 Å². The summed E-state index contributed by atoms with van der Waals surface area (Å²) in [6.07, 6.45) is 2.50. The molecule has 0 bridgehead atoms. The summed E-state index contributed by atoms with van der Waals surface area (Å²) in [6.45, 7) is 2.04. The van der Waals surface area contributed by atoms with Crippen molar-refractivity contribution in [3.05, 3.63) is 47.1 Å². The molecule has 0 saturated carbocycles. The fraction of sp³-hybridized carbons (Fsp3) is 0.154. The van der Waals surface area contributed by atoms with Gasteiger partial charge in [0.2, 0.25) is 5.88 Å². The highest BCUT2D eigenvalue weighted by molar-refractivity contribution is 6.31. The first-order chi connectivity index (χ1) is 8.20. The van der Waals surface area contributed by atoms with E-state index in [2.05, 4.69) is 4.98 Å². The molecule has 0 saturated heterocycles. The third kappa shape index (κ3) is 2.68. The second-order valence-corrected chi connectivity index (χ2v) is 4.01. The molecule has 1 heterocycles. The van der Waals surface area contributed by atoms with Crippen molar-refractivity contribution in [2.45, 2.75) is 13.3 Å². The van der Waals surface area contributed by atoms with E-state index in [0.717, 1.165) is 17.0 Å². The smallest absolute Gasteiger partial charge is 0.242 e. The fourth-order valence-corrected chi connectivity index (χ4v) is 1.74. The number of hydrogen-bond acceptors (Lipinski definition) is 3. The molecule has 0 unspecified atom stereocenters. The number of hydrogen-bond donors (Lipinski definition) is 1. The van der Waals surface area contributed by atoms with Crippen LogP contribution in [0.3, 0.4) is 0 Å². The zero-order chi connectivity index (χ0) is 12.3. The molecule has 17 heavy (non-hydrogen) atoms. The lowest BCUT2D eigenvalue weighted by Crippen LogP contribution is -1.94. The molecule has 0 radical (unpaired) electrons. The molecule has 0 aliphatic carbocycles. The van der Waals surface area contributed by atoms with Gasteiger partial charge in [0, 0.05) is 11.2 Å². The van der Waals surface area contributed by atoms with Gasteiger partial charge >= 0.3 is 0 Å². The fourth-order valence-electron chi connectivity index (χ4n) is 1.49. The molecule has 88 valence electrons. The lowest BCUT2D eigenvalue weighted by atomic mass is 10.1. The second kappa shape index (κ2) is 5.06. The molecule has 0 fully saturated rings. The van der Waals surface area contributed by atoms with Crippen molar-refractivity contribution in [2.24, 2.45) is 0 Å². The van der Waals surface area contributed by atoms with E-state index < -0.39 is 0 Å². The Balaban J connectivity index is 2.28.